The third-order valence-electron chi connectivity index (χ3n) is 5.02. The van der Waals surface area contributed by atoms with Crippen LogP contribution in [-0.4, -0.2) is 23.6 Å². The fourth-order valence-electron chi connectivity index (χ4n) is 3.78. The maximum Gasteiger partial charge on any atom is 0.166 e. The standard InChI is InChI=1S/C21H16ClNO3/c22-14-5-3-13(4-6-14)15-10-19(24)16-11-20-21(26-9-8-25-20)12-18(16)23-7-1-2-17(15)23/h1-7,11-12,15H,8-10H2/t15-/m0/s1. The third kappa shape index (κ3) is 2.41. The number of ether oxygens (including phenoxy) is 2. The van der Waals surface area contributed by atoms with Crippen molar-refractivity contribution in [3.05, 3.63) is 76.6 Å². The number of rotatable bonds is 1. The summed E-state index contributed by atoms with van der Waals surface area (Å²) < 4.78 is 13.5. The highest BCUT2D eigenvalue weighted by Gasteiger charge is 2.30. The van der Waals surface area contributed by atoms with Gasteiger partial charge in [-0.15, -0.1) is 0 Å². The van der Waals surface area contributed by atoms with Gasteiger partial charge >= 0.3 is 0 Å². The number of nitrogens with zero attached hydrogens (tertiary/aromatic N) is 1. The summed E-state index contributed by atoms with van der Waals surface area (Å²) in [5.41, 5.74) is 3.67. The van der Waals surface area contributed by atoms with E-state index in [0.717, 1.165) is 16.9 Å². The Bertz CT molecular complexity index is 1010. The normalized spacial score (nSPS) is 18.0. The predicted molar refractivity (Wildman–Crippen MR) is 99.0 cm³/mol. The van der Waals surface area contributed by atoms with Gasteiger partial charge in [-0.3, -0.25) is 4.79 Å². The molecule has 4 nitrogen and oxygen atoms in total. The number of carbonyl (C=O) groups is 1. The molecule has 1 aromatic heterocycles. The lowest BCUT2D eigenvalue weighted by Crippen LogP contribution is -2.16. The lowest BCUT2D eigenvalue weighted by molar-refractivity contribution is 0.0978. The predicted octanol–water partition coefficient (Wildman–Crippen LogP) is 4.62. The summed E-state index contributed by atoms with van der Waals surface area (Å²) in [6.45, 7) is 1.02. The molecule has 130 valence electrons. The largest absolute Gasteiger partial charge is 0.486 e. The van der Waals surface area contributed by atoms with Gasteiger partial charge in [-0.2, -0.15) is 0 Å². The highest BCUT2D eigenvalue weighted by atomic mass is 35.5. The lowest BCUT2D eigenvalue weighted by Gasteiger charge is -2.21. The van der Waals surface area contributed by atoms with Gasteiger partial charge in [0.2, 0.25) is 0 Å². The molecule has 0 spiro atoms. The third-order valence-corrected chi connectivity index (χ3v) is 5.27. The van der Waals surface area contributed by atoms with Crippen LogP contribution in [0.15, 0.2) is 54.7 Å². The number of aromatic nitrogens is 1. The SMILES string of the molecule is O=C1C[C@@H](c2ccc(Cl)cc2)c2cccn2-c2cc3c(cc21)OCCO3. The second kappa shape index (κ2) is 5.92. The molecule has 5 heteroatoms. The summed E-state index contributed by atoms with van der Waals surface area (Å²) in [5, 5.41) is 0.689. The minimum atomic E-state index is -0.0268. The van der Waals surface area contributed by atoms with Crippen LogP contribution in [0.25, 0.3) is 5.69 Å². The van der Waals surface area contributed by atoms with Crippen LogP contribution >= 0.6 is 11.6 Å². The zero-order valence-corrected chi connectivity index (χ0v) is 14.7. The number of hydrogen-bond acceptors (Lipinski definition) is 3. The number of ketones is 1. The van der Waals surface area contributed by atoms with Crippen molar-refractivity contribution in [3.63, 3.8) is 0 Å². The molecule has 0 fully saturated rings. The van der Waals surface area contributed by atoms with Crippen LogP contribution < -0.4 is 9.47 Å². The van der Waals surface area contributed by atoms with Gasteiger partial charge in [0, 0.05) is 40.9 Å². The summed E-state index contributed by atoms with van der Waals surface area (Å²) in [5.74, 6) is 1.40. The molecule has 0 N–H and O–H groups in total. The van der Waals surface area contributed by atoms with Gasteiger partial charge < -0.3 is 14.0 Å². The fourth-order valence-corrected chi connectivity index (χ4v) is 3.91. The summed E-state index contributed by atoms with van der Waals surface area (Å²) in [6.07, 6.45) is 2.39. The van der Waals surface area contributed by atoms with Crippen LogP contribution in [0.4, 0.5) is 0 Å². The van der Waals surface area contributed by atoms with Crippen molar-refractivity contribution >= 4 is 17.4 Å². The van der Waals surface area contributed by atoms with E-state index in [2.05, 4.69) is 10.6 Å². The summed E-state index contributed by atoms with van der Waals surface area (Å²) in [6, 6.07) is 15.5. The van der Waals surface area contributed by atoms with Crippen molar-refractivity contribution in [1.82, 2.24) is 4.57 Å². The first kappa shape index (κ1) is 15.5. The van der Waals surface area contributed by atoms with E-state index in [1.54, 1.807) is 0 Å². The molecule has 3 aromatic rings. The van der Waals surface area contributed by atoms with Crippen LogP contribution in [-0.2, 0) is 0 Å². The molecule has 0 saturated heterocycles. The van der Waals surface area contributed by atoms with Crippen molar-refractivity contribution in [2.75, 3.05) is 13.2 Å². The van der Waals surface area contributed by atoms with E-state index in [1.807, 2.05) is 48.7 Å². The molecule has 2 aliphatic heterocycles. The molecule has 0 bridgehead atoms. The highest BCUT2D eigenvalue weighted by molar-refractivity contribution is 6.30. The molecule has 0 aliphatic carbocycles. The van der Waals surface area contributed by atoms with Crippen molar-refractivity contribution in [2.45, 2.75) is 12.3 Å². The molecular weight excluding hydrogens is 350 g/mol. The molecule has 0 saturated carbocycles. The second-order valence-corrected chi connectivity index (χ2v) is 6.98. The van der Waals surface area contributed by atoms with Gasteiger partial charge in [0.05, 0.1) is 5.69 Å². The van der Waals surface area contributed by atoms with E-state index in [9.17, 15) is 4.79 Å². The molecule has 2 aromatic carbocycles. The molecule has 2 aliphatic rings. The molecule has 26 heavy (non-hydrogen) atoms. The molecular formula is C21H16ClNO3. The van der Waals surface area contributed by atoms with E-state index in [-0.39, 0.29) is 11.7 Å². The Hall–Kier alpha value is -2.72. The minimum absolute atomic E-state index is 0.0268. The van der Waals surface area contributed by atoms with Gasteiger partial charge in [-0.05, 0) is 35.9 Å². The summed E-state index contributed by atoms with van der Waals surface area (Å²) in [4.78, 5) is 13.1. The van der Waals surface area contributed by atoms with Gasteiger partial charge in [0.25, 0.3) is 0 Å². The van der Waals surface area contributed by atoms with Crippen LogP contribution in [0.2, 0.25) is 5.02 Å². The van der Waals surface area contributed by atoms with E-state index in [4.69, 9.17) is 21.1 Å². The van der Waals surface area contributed by atoms with Crippen molar-refractivity contribution < 1.29 is 14.3 Å². The molecule has 1 atom stereocenters. The minimum Gasteiger partial charge on any atom is -0.486 e. The smallest absolute Gasteiger partial charge is 0.166 e. The van der Waals surface area contributed by atoms with Gasteiger partial charge in [0.15, 0.2) is 17.3 Å². The van der Waals surface area contributed by atoms with Crippen molar-refractivity contribution in [2.24, 2.45) is 0 Å². The molecule has 5 rings (SSSR count). The quantitative estimate of drug-likeness (QED) is 0.631. The van der Waals surface area contributed by atoms with Crippen molar-refractivity contribution in [1.29, 1.82) is 0 Å². The Balaban J connectivity index is 1.69. The topological polar surface area (TPSA) is 40.5 Å². The Labute approximate surface area is 155 Å². The lowest BCUT2D eigenvalue weighted by atomic mass is 9.90. The fraction of sp³-hybridized carbons (Fsp3) is 0.190. The van der Waals surface area contributed by atoms with Gasteiger partial charge in [0.1, 0.15) is 13.2 Å². The average Bonchev–Trinajstić information content (AvgIpc) is 3.11. The number of hydrogen-bond donors (Lipinski definition) is 0. The molecule has 0 radical (unpaired) electrons. The first-order valence-corrected chi connectivity index (χ1v) is 8.98. The second-order valence-electron chi connectivity index (χ2n) is 6.55. The zero-order valence-electron chi connectivity index (χ0n) is 13.9. The molecule has 0 amide bonds. The zero-order chi connectivity index (χ0) is 17.7. The Morgan fingerprint density at radius 1 is 1.00 bits per heavy atom. The summed E-state index contributed by atoms with van der Waals surface area (Å²) in [7, 11) is 0. The van der Waals surface area contributed by atoms with E-state index in [1.165, 1.54) is 0 Å². The number of halogens is 1. The number of carbonyl (C=O) groups excluding carboxylic acids is 1. The Kier molecular flexibility index (Phi) is 3.54. The first-order chi connectivity index (χ1) is 12.7. The van der Waals surface area contributed by atoms with E-state index in [0.29, 0.717) is 41.7 Å². The average molecular weight is 366 g/mol. The number of Topliss-reactive ketones (excluding diaryl/α,β-unsaturated/α-hetero) is 1. The molecule has 0 unspecified atom stereocenters. The van der Waals surface area contributed by atoms with Crippen LogP contribution in [0.1, 0.15) is 34.0 Å². The number of fused-ring (bicyclic) bond motifs is 4. The van der Waals surface area contributed by atoms with Crippen LogP contribution in [0.5, 0.6) is 11.5 Å². The van der Waals surface area contributed by atoms with Crippen molar-refractivity contribution in [3.8, 4) is 17.2 Å². The number of benzene rings is 2. The highest BCUT2D eigenvalue weighted by Crippen LogP contribution is 2.41. The van der Waals surface area contributed by atoms with Crippen LogP contribution in [0.3, 0.4) is 0 Å². The maximum absolute atomic E-state index is 13.1. The van der Waals surface area contributed by atoms with Crippen LogP contribution in [0, 0.1) is 0 Å². The maximum atomic E-state index is 13.1. The van der Waals surface area contributed by atoms with Gasteiger partial charge in [-0.1, -0.05) is 23.7 Å². The monoisotopic (exact) mass is 365 g/mol. The van der Waals surface area contributed by atoms with Gasteiger partial charge in [-0.25, -0.2) is 0 Å². The summed E-state index contributed by atoms with van der Waals surface area (Å²) >= 11 is 6.04. The first-order valence-electron chi connectivity index (χ1n) is 8.60. The Morgan fingerprint density at radius 2 is 1.73 bits per heavy atom. The van der Waals surface area contributed by atoms with E-state index < -0.39 is 0 Å². The molecule has 3 heterocycles. The van der Waals surface area contributed by atoms with E-state index >= 15 is 0 Å². The Morgan fingerprint density at radius 3 is 2.50 bits per heavy atom.